The SMILES string of the molecule is O=C(N1CCc2ccc(S(=O)(=O)N3CCC(CNc4cc(-c5ccccc5Cl)nc5c(Br)cnn45)CC3)cc2C1)C(F)(F)F. The van der Waals surface area contributed by atoms with E-state index in [0.29, 0.717) is 59.3 Å². The van der Waals surface area contributed by atoms with Gasteiger partial charge in [-0.15, -0.1) is 0 Å². The van der Waals surface area contributed by atoms with E-state index < -0.39 is 22.1 Å². The maximum Gasteiger partial charge on any atom is 0.471 e. The lowest BCUT2D eigenvalue weighted by molar-refractivity contribution is -0.186. The highest BCUT2D eigenvalue weighted by atomic mass is 79.9. The molecule has 0 radical (unpaired) electrons. The molecular formula is C29H27BrClF3N6O3S. The molecule has 6 rings (SSSR count). The second-order valence-electron chi connectivity index (χ2n) is 10.9. The Kier molecular flexibility index (Phi) is 8.37. The fourth-order valence-corrected chi connectivity index (χ4v) is 7.77. The summed E-state index contributed by atoms with van der Waals surface area (Å²) in [7, 11) is -3.87. The van der Waals surface area contributed by atoms with Gasteiger partial charge in [0.15, 0.2) is 5.65 Å². The second-order valence-corrected chi connectivity index (χ2v) is 14.1. The summed E-state index contributed by atoms with van der Waals surface area (Å²) in [6.07, 6.45) is -1.86. The minimum atomic E-state index is -4.98. The normalized spacial score (nSPS) is 16.7. The Balaban J connectivity index is 1.12. The van der Waals surface area contributed by atoms with Crippen LogP contribution < -0.4 is 5.32 Å². The third-order valence-electron chi connectivity index (χ3n) is 8.08. The number of aromatic nitrogens is 3. The molecule has 0 aliphatic carbocycles. The van der Waals surface area contributed by atoms with Crippen LogP contribution in [-0.4, -0.2) is 70.5 Å². The molecule has 15 heteroatoms. The summed E-state index contributed by atoms with van der Waals surface area (Å²) >= 11 is 9.94. The van der Waals surface area contributed by atoms with E-state index in [0.717, 1.165) is 21.4 Å². The van der Waals surface area contributed by atoms with E-state index >= 15 is 0 Å². The van der Waals surface area contributed by atoms with E-state index in [1.165, 1.54) is 16.4 Å². The van der Waals surface area contributed by atoms with Crippen molar-refractivity contribution in [2.45, 2.75) is 36.9 Å². The lowest BCUT2D eigenvalue weighted by Crippen LogP contribution is -2.43. The molecule has 1 fully saturated rings. The average molecular weight is 712 g/mol. The van der Waals surface area contributed by atoms with E-state index in [1.807, 2.05) is 24.3 Å². The molecule has 1 saturated heterocycles. The van der Waals surface area contributed by atoms with Crippen molar-refractivity contribution in [1.29, 1.82) is 0 Å². The molecule has 0 spiro atoms. The van der Waals surface area contributed by atoms with Gasteiger partial charge < -0.3 is 10.2 Å². The summed E-state index contributed by atoms with van der Waals surface area (Å²) in [6, 6.07) is 13.9. The molecule has 0 bridgehead atoms. The van der Waals surface area contributed by atoms with Crippen molar-refractivity contribution < 1.29 is 26.4 Å². The summed E-state index contributed by atoms with van der Waals surface area (Å²) < 4.78 is 69.7. The van der Waals surface area contributed by atoms with E-state index in [2.05, 4.69) is 26.3 Å². The number of hydrogen-bond acceptors (Lipinski definition) is 6. The molecule has 4 aromatic rings. The van der Waals surface area contributed by atoms with Crippen LogP contribution >= 0.6 is 27.5 Å². The predicted molar refractivity (Wildman–Crippen MR) is 163 cm³/mol. The van der Waals surface area contributed by atoms with Crippen molar-refractivity contribution >= 4 is 54.9 Å². The van der Waals surface area contributed by atoms with Gasteiger partial charge in [0.25, 0.3) is 0 Å². The Hall–Kier alpha value is -3.20. The first-order valence-corrected chi connectivity index (χ1v) is 16.5. The van der Waals surface area contributed by atoms with Crippen LogP contribution in [0.25, 0.3) is 16.9 Å². The molecule has 232 valence electrons. The maximum atomic E-state index is 13.5. The molecule has 0 saturated carbocycles. The first-order valence-electron chi connectivity index (χ1n) is 13.9. The topological polar surface area (TPSA) is 99.9 Å². The number of fused-ring (bicyclic) bond motifs is 2. The number of sulfonamides is 1. The molecule has 2 aromatic carbocycles. The van der Waals surface area contributed by atoms with Gasteiger partial charge in [-0.1, -0.05) is 35.9 Å². The van der Waals surface area contributed by atoms with Gasteiger partial charge in [0.2, 0.25) is 10.0 Å². The molecule has 44 heavy (non-hydrogen) atoms. The highest BCUT2D eigenvalue weighted by Crippen LogP contribution is 2.32. The van der Waals surface area contributed by atoms with Gasteiger partial charge in [-0.2, -0.15) is 27.1 Å². The Morgan fingerprint density at radius 1 is 1.07 bits per heavy atom. The molecule has 2 aliphatic heterocycles. The molecule has 9 nitrogen and oxygen atoms in total. The Morgan fingerprint density at radius 2 is 1.82 bits per heavy atom. The summed E-state index contributed by atoms with van der Waals surface area (Å²) in [5, 5.41) is 8.46. The molecule has 1 N–H and O–H groups in total. The number of rotatable bonds is 6. The standard InChI is InChI=1S/C29H27BrClF3N6O3S/c30-23-16-36-40-26(14-25(37-27(23)40)22-3-1-2-4-24(22)31)35-15-18-7-11-39(12-8-18)44(42,43)21-6-5-19-9-10-38(17-20(19)13-21)28(41)29(32,33)34/h1-6,13-14,16,18,35H,7-12,15,17H2. The third-order valence-corrected chi connectivity index (χ3v) is 10.9. The number of hydrogen-bond donors (Lipinski definition) is 1. The fraction of sp³-hybridized carbons (Fsp3) is 0.345. The van der Waals surface area contributed by atoms with Gasteiger partial charge in [-0.05, 0) is 70.4 Å². The molecule has 1 amide bonds. The van der Waals surface area contributed by atoms with Crippen LogP contribution in [0.5, 0.6) is 0 Å². The number of nitrogens with zero attached hydrogens (tertiary/aromatic N) is 5. The summed E-state index contributed by atoms with van der Waals surface area (Å²) in [6.45, 7) is 0.832. The summed E-state index contributed by atoms with van der Waals surface area (Å²) in [4.78, 5) is 17.2. The molecule has 0 unspecified atom stereocenters. The average Bonchev–Trinajstić information content (AvgIpc) is 3.39. The van der Waals surface area contributed by atoms with E-state index in [9.17, 15) is 26.4 Å². The first-order chi connectivity index (χ1) is 20.9. The number of benzene rings is 2. The van der Waals surface area contributed by atoms with Gasteiger partial charge >= 0.3 is 12.1 Å². The third kappa shape index (κ3) is 6.04. The largest absolute Gasteiger partial charge is 0.471 e. The van der Waals surface area contributed by atoms with Crippen molar-refractivity contribution in [3.63, 3.8) is 0 Å². The minimum Gasteiger partial charge on any atom is -0.370 e. The van der Waals surface area contributed by atoms with E-state index in [-0.39, 0.29) is 30.3 Å². The number of piperidine rings is 1. The number of alkyl halides is 3. The van der Waals surface area contributed by atoms with Crippen LogP contribution in [0.3, 0.4) is 0 Å². The number of nitrogens with one attached hydrogen (secondary N) is 1. The Labute approximate surface area is 265 Å². The number of amides is 1. The number of anilines is 1. The van der Waals surface area contributed by atoms with Crippen molar-refractivity contribution in [2.75, 3.05) is 31.5 Å². The van der Waals surface area contributed by atoms with Crippen molar-refractivity contribution in [1.82, 2.24) is 23.8 Å². The maximum absolute atomic E-state index is 13.5. The lowest BCUT2D eigenvalue weighted by Gasteiger charge is -2.32. The van der Waals surface area contributed by atoms with Gasteiger partial charge in [0.05, 0.1) is 21.3 Å². The highest BCUT2D eigenvalue weighted by molar-refractivity contribution is 9.10. The Morgan fingerprint density at radius 3 is 2.55 bits per heavy atom. The zero-order valence-corrected chi connectivity index (χ0v) is 26.3. The zero-order valence-electron chi connectivity index (χ0n) is 23.2. The molecule has 0 atom stereocenters. The van der Waals surface area contributed by atoms with Gasteiger partial charge in [-0.25, -0.2) is 13.4 Å². The number of carbonyl (C=O) groups excluding carboxylic acids is 1. The van der Waals surface area contributed by atoms with Crippen LogP contribution in [-0.2, 0) is 27.8 Å². The summed E-state index contributed by atoms with van der Waals surface area (Å²) in [5.74, 6) is -1.02. The van der Waals surface area contributed by atoms with Crippen molar-refractivity contribution in [3.8, 4) is 11.3 Å². The zero-order chi connectivity index (χ0) is 31.2. The highest BCUT2D eigenvalue weighted by Gasteiger charge is 2.43. The second kappa shape index (κ2) is 12.0. The van der Waals surface area contributed by atoms with Gasteiger partial charge in [-0.3, -0.25) is 4.79 Å². The first kappa shape index (κ1) is 30.8. The molecular weight excluding hydrogens is 685 g/mol. The van der Waals surface area contributed by atoms with Crippen molar-refractivity contribution in [3.05, 3.63) is 75.4 Å². The molecule has 2 aliphatic rings. The van der Waals surface area contributed by atoms with Gasteiger partial charge in [0.1, 0.15) is 5.82 Å². The van der Waals surface area contributed by atoms with Crippen LogP contribution in [0.1, 0.15) is 24.0 Å². The van der Waals surface area contributed by atoms with Crippen LogP contribution in [0.15, 0.2) is 64.1 Å². The predicted octanol–water partition coefficient (Wildman–Crippen LogP) is 5.77. The monoisotopic (exact) mass is 710 g/mol. The van der Waals surface area contributed by atoms with Crippen LogP contribution in [0.2, 0.25) is 5.02 Å². The fourth-order valence-electron chi connectivity index (χ4n) is 5.67. The van der Waals surface area contributed by atoms with Crippen LogP contribution in [0.4, 0.5) is 19.0 Å². The van der Waals surface area contributed by atoms with Gasteiger partial charge in [0, 0.05) is 49.4 Å². The molecule has 2 aromatic heterocycles. The quantitative estimate of drug-likeness (QED) is 0.273. The lowest BCUT2D eigenvalue weighted by atomic mass is 9.98. The summed E-state index contributed by atoms with van der Waals surface area (Å²) in [5.41, 5.74) is 3.25. The van der Waals surface area contributed by atoms with E-state index in [4.69, 9.17) is 16.6 Å². The molecule has 4 heterocycles. The van der Waals surface area contributed by atoms with Crippen molar-refractivity contribution in [2.24, 2.45) is 5.92 Å². The van der Waals surface area contributed by atoms with Crippen LogP contribution in [0, 0.1) is 5.92 Å². The Bertz CT molecular complexity index is 1840. The number of carbonyl (C=O) groups is 1. The van der Waals surface area contributed by atoms with E-state index in [1.54, 1.807) is 22.8 Å². The smallest absolute Gasteiger partial charge is 0.370 e. The number of halogens is 5. The minimum absolute atomic E-state index is 0.0182.